The Kier molecular flexibility index (Phi) is 2.51. The second kappa shape index (κ2) is 2.93. The van der Waals surface area contributed by atoms with Crippen molar-refractivity contribution < 1.29 is 9.90 Å². The molecule has 0 spiro atoms. The first-order valence-corrected chi connectivity index (χ1v) is 1.71. The molecular weight excluding hydrogens is 109 g/mol. The predicted molar refractivity (Wildman–Crippen MR) is 26.3 cm³/mol. The van der Waals surface area contributed by atoms with Crippen LogP contribution in [0.5, 0.6) is 0 Å². The van der Waals surface area contributed by atoms with Crippen LogP contribution in [0.4, 0.5) is 0 Å². The Morgan fingerprint density at radius 1 is 2.00 bits per heavy atom. The first-order chi connectivity index (χ1) is 3.68. The monoisotopic (exact) mass is 111 g/mol. The maximum absolute atomic E-state index is 9.70. The van der Waals surface area contributed by atoms with E-state index in [4.69, 9.17) is 18.5 Å². The number of hydrogen-bond donors (Lipinski definition) is 1. The van der Waals surface area contributed by atoms with Crippen molar-refractivity contribution in [3.05, 3.63) is 10.4 Å². The van der Waals surface area contributed by atoms with E-state index in [2.05, 4.69) is 10.0 Å². The molecular formula is C2H2BN3O2. The van der Waals surface area contributed by atoms with Gasteiger partial charge in [-0.25, -0.2) is 0 Å². The second-order valence-corrected chi connectivity index (χ2v) is 0.988. The summed E-state index contributed by atoms with van der Waals surface area (Å²) in [4.78, 5) is 11.9. The van der Waals surface area contributed by atoms with Crippen LogP contribution in [0.2, 0.25) is 0 Å². The summed E-state index contributed by atoms with van der Waals surface area (Å²) < 4.78 is 0. The molecule has 2 radical (unpaired) electrons. The van der Waals surface area contributed by atoms with Crippen LogP contribution in [0.15, 0.2) is 5.11 Å². The van der Waals surface area contributed by atoms with E-state index in [9.17, 15) is 4.79 Å². The van der Waals surface area contributed by atoms with Gasteiger partial charge in [-0.05, 0) is 5.53 Å². The molecule has 0 fully saturated rings. The molecule has 0 aliphatic carbocycles. The lowest BCUT2D eigenvalue weighted by Crippen LogP contribution is -2.16. The van der Waals surface area contributed by atoms with Gasteiger partial charge in [0.25, 0.3) is 0 Å². The molecule has 0 rings (SSSR count). The number of azide groups is 1. The average Bonchev–Trinajstić information content (AvgIpc) is 1.67. The molecule has 0 aromatic heterocycles. The van der Waals surface area contributed by atoms with Gasteiger partial charge >= 0.3 is 5.97 Å². The Labute approximate surface area is 46.3 Å². The van der Waals surface area contributed by atoms with E-state index >= 15 is 0 Å². The summed E-state index contributed by atoms with van der Waals surface area (Å²) in [6.07, 6.45) is 0. The summed E-state index contributed by atoms with van der Waals surface area (Å²) in [5.74, 6) is -2.79. The molecule has 40 valence electrons. The number of rotatable bonds is 2. The quantitative estimate of drug-likeness (QED) is 0.233. The van der Waals surface area contributed by atoms with E-state index < -0.39 is 11.9 Å². The van der Waals surface area contributed by atoms with Crippen LogP contribution in [-0.4, -0.2) is 24.9 Å². The molecule has 0 saturated carbocycles. The minimum atomic E-state index is -1.46. The molecule has 0 saturated heterocycles. The molecule has 8 heavy (non-hydrogen) atoms. The third-order valence-electron chi connectivity index (χ3n) is 0.429. The van der Waals surface area contributed by atoms with E-state index in [1.165, 1.54) is 0 Å². The molecule has 1 N–H and O–H groups in total. The first kappa shape index (κ1) is 6.84. The Bertz CT molecular complexity index is 138. The minimum absolute atomic E-state index is 1.33. The standard InChI is InChI=1S/C2H2BN3O2/c3-1(2(7)8)5-6-4/h1H,(H,7,8)/t1-/m1/s1. The third-order valence-corrected chi connectivity index (χ3v) is 0.429. The first-order valence-electron chi connectivity index (χ1n) is 1.71. The molecule has 0 bridgehead atoms. The van der Waals surface area contributed by atoms with Gasteiger partial charge in [-0.1, -0.05) is 5.11 Å². The molecule has 0 aliphatic rings. The largest absolute Gasteiger partial charge is 0.481 e. The highest BCUT2D eigenvalue weighted by atomic mass is 16.4. The summed E-state index contributed by atoms with van der Waals surface area (Å²) in [6, 6.07) is 0. The molecule has 1 atom stereocenters. The van der Waals surface area contributed by atoms with E-state index in [1.54, 1.807) is 0 Å². The van der Waals surface area contributed by atoms with Gasteiger partial charge < -0.3 is 5.11 Å². The maximum atomic E-state index is 9.70. The van der Waals surface area contributed by atoms with Crippen molar-refractivity contribution in [2.45, 2.75) is 5.94 Å². The molecule has 0 heterocycles. The lowest BCUT2D eigenvalue weighted by Gasteiger charge is -1.90. The van der Waals surface area contributed by atoms with Crippen molar-refractivity contribution in [2.24, 2.45) is 5.11 Å². The Balaban J connectivity index is 3.82. The zero-order valence-electron chi connectivity index (χ0n) is 3.85. The summed E-state index contributed by atoms with van der Waals surface area (Å²) >= 11 is 0. The van der Waals surface area contributed by atoms with Crippen molar-refractivity contribution in [1.29, 1.82) is 0 Å². The Morgan fingerprint density at radius 2 is 2.50 bits per heavy atom. The van der Waals surface area contributed by atoms with Crippen LogP contribution >= 0.6 is 0 Å². The van der Waals surface area contributed by atoms with Crippen LogP contribution < -0.4 is 0 Å². The van der Waals surface area contributed by atoms with Gasteiger partial charge in [0, 0.05) is 4.91 Å². The minimum Gasteiger partial charge on any atom is -0.481 e. The predicted octanol–water partition coefficient (Wildman–Crippen LogP) is -0.124. The van der Waals surface area contributed by atoms with Gasteiger partial charge in [-0.3, -0.25) is 4.79 Å². The summed E-state index contributed by atoms with van der Waals surface area (Å²) in [5, 5.41) is 10.6. The highest BCUT2D eigenvalue weighted by Gasteiger charge is 2.04. The van der Waals surface area contributed by atoms with Crippen molar-refractivity contribution >= 4 is 13.8 Å². The van der Waals surface area contributed by atoms with Crippen molar-refractivity contribution in [3.63, 3.8) is 0 Å². The van der Waals surface area contributed by atoms with E-state index in [-0.39, 0.29) is 0 Å². The van der Waals surface area contributed by atoms with Gasteiger partial charge in [0.2, 0.25) is 0 Å². The van der Waals surface area contributed by atoms with E-state index in [0.29, 0.717) is 0 Å². The Hall–Kier alpha value is -1.16. The summed E-state index contributed by atoms with van der Waals surface area (Å²) in [7, 11) is 4.71. The fourth-order valence-electron chi connectivity index (χ4n) is 0.105. The van der Waals surface area contributed by atoms with Gasteiger partial charge in [0.05, 0.1) is 13.8 Å². The summed E-state index contributed by atoms with van der Waals surface area (Å²) in [6.45, 7) is 0. The molecule has 0 unspecified atom stereocenters. The van der Waals surface area contributed by atoms with Gasteiger partial charge in [0.1, 0.15) is 0 Å². The van der Waals surface area contributed by atoms with Crippen LogP contribution in [0.3, 0.4) is 0 Å². The van der Waals surface area contributed by atoms with Gasteiger partial charge in [0.15, 0.2) is 0 Å². The molecule has 6 heteroatoms. The van der Waals surface area contributed by atoms with Crippen LogP contribution in [0, 0.1) is 0 Å². The summed E-state index contributed by atoms with van der Waals surface area (Å²) in [5.41, 5.74) is 7.60. The molecule has 0 aromatic rings. The number of aliphatic carboxylic acids is 1. The number of carbonyl (C=O) groups is 1. The second-order valence-electron chi connectivity index (χ2n) is 0.988. The molecule has 0 aromatic carbocycles. The number of carboxylic acid groups (broad SMARTS) is 1. The topological polar surface area (TPSA) is 86.1 Å². The molecule has 0 amide bonds. The van der Waals surface area contributed by atoms with Crippen molar-refractivity contribution in [2.75, 3.05) is 0 Å². The zero-order valence-corrected chi connectivity index (χ0v) is 3.85. The van der Waals surface area contributed by atoms with Crippen LogP contribution in [0.25, 0.3) is 10.4 Å². The lowest BCUT2D eigenvalue weighted by molar-refractivity contribution is -0.136. The third kappa shape index (κ3) is 2.10. The molecule has 0 aliphatic heterocycles. The van der Waals surface area contributed by atoms with Crippen molar-refractivity contribution in [1.82, 2.24) is 0 Å². The van der Waals surface area contributed by atoms with Crippen LogP contribution in [0.1, 0.15) is 0 Å². The Morgan fingerprint density at radius 3 is 2.62 bits per heavy atom. The van der Waals surface area contributed by atoms with Gasteiger partial charge in [-0.15, -0.1) is 0 Å². The lowest BCUT2D eigenvalue weighted by atomic mass is 9.98. The van der Waals surface area contributed by atoms with Crippen molar-refractivity contribution in [3.8, 4) is 0 Å². The fourth-order valence-corrected chi connectivity index (χ4v) is 0.105. The highest BCUT2D eigenvalue weighted by Crippen LogP contribution is 1.82. The van der Waals surface area contributed by atoms with Gasteiger partial charge in [-0.2, -0.15) is 0 Å². The SMILES string of the molecule is [B][C@H](N=[N+]=[N-])C(=O)O. The average molecular weight is 111 g/mol. The number of nitrogens with zero attached hydrogens (tertiary/aromatic N) is 3. The van der Waals surface area contributed by atoms with E-state index in [0.717, 1.165) is 0 Å². The number of carboxylic acids is 1. The molecule has 5 nitrogen and oxygen atoms in total. The normalized spacial score (nSPS) is 11.5. The van der Waals surface area contributed by atoms with Crippen LogP contribution in [-0.2, 0) is 4.79 Å². The van der Waals surface area contributed by atoms with E-state index in [1.807, 2.05) is 0 Å². The smallest absolute Gasteiger partial charge is 0.303 e. The number of hydrogen-bond acceptors (Lipinski definition) is 2. The maximum Gasteiger partial charge on any atom is 0.303 e. The fraction of sp³-hybridized carbons (Fsp3) is 0.500. The zero-order chi connectivity index (χ0) is 6.57. The highest BCUT2D eigenvalue weighted by molar-refractivity contribution is 6.22.